The fourth-order valence-electron chi connectivity index (χ4n) is 0.444. The van der Waals surface area contributed by atoms with Crippen molar-refractivity contribution >= 4 is 5.97 Å². The number of carboxylic acids is 1. The van der Waals surface area contributed by atoms with E-state index in [1.54, 1.807) is 0 Å². The Balaban J connectivity index is 3.65. The monoisotopic (exact) mass is 130 g/mol. The molecule has 1 atom stereocenters. The standard InChI is InChI=1S/C6H10O3/c1-4(6(8)9)3-5(2)7/h5,7H,1,3H2,2H3,(H,8,9)/t5-/m0/s1. The second-order valence-electron chi connectivity index (χ2n) is 1.96. The Bertz CT molecular complexity index is 126. The highest BCUT2D eigenvalue weighted by Gasteiger charge is 2.05. The number of carboxylic acid groups (broad SMARTS) is 1. The number of aliphatic hydroxyl groups is 1. The van der Waals surface area contributed by atoms with Crippen molar-refractivity contribution in [2.45, 2.75) is 19.4 Å². The van der Waals surface area contributed by atoms with Crippen LogP contribution in [0.1, 0.15) is 13.3 Å². The van der Waals surface area contributed by atoms with Crippen LogP contribution in [0.4, 0.5) is 0 Å². The smallest absolute Gasteiger partial charge is 0.331 e. The van der Waals surface area contributed by atoms with Crippen molar-refractivity contribution in [3.63, 3.8) is 0 Å². The van der Waals surface area contributed by atoms with Crippen LogP contribution >= 0.6 is 0 Å². The van der Waals surface area contributed by atoms with Crippen LogP contribution in [0.2, 0.25) is 0 Å². The van der Waals surface area contributed by atoms with Crippen molar-refractivity contribution in [1.82, 2.24) is 0 Å². The molecule has 0 amide bonds. The lowest BCUT2D eigenvalue weighted by atomic mass is 10.1. The van der Waals surface area contributed by atoms with Gasteiger partial charge in [-0.25, -0.2) is 4.79 Å². The van der Waals surface area contributed by atoms with Crippen LogP contribution in [0.15, 0.2) is 12.2 Å². The van der Waals surface area contributed by atoms with Crippen molar-refractivity contribution in [2.75, 3.05) is 0 Å². The Labute approximate surface area is 53.6 Å². The fourth-order valence-corrected chi connectivity index (χ4v) is 0.444. The highest BCUT2D eigenvalue weighted by atomic mass is 16.4. The first-order chi connectivity index (χ1) is 4.04. The van der Waals surface area contributed by atoms with Gasteiger partial charge in [-0.3, -0.25) is 0 Å². The van der Waals surface area contributed by atoms with Crippen molar-refractivity contribution in [3.05, 3.63) is 12.2 Å². The van der Waals surface area contributed by atoms with E-state index < -0.39 is 12.1 Å². The molecule has 2 N–H and O–H groups in total. The molecule has 0 heterocycles. The zero-order valence-corrected chi connectivity index (χ0v) is 5.29. The number of hydrogen-bond acceptors (Lipinski definition) is 2. The molecule has 0 unspecified atom stereocenters. The Morgan fingerprint density at radius 1 is 1.78 bits per heavy atom. The van der Waals surface area contributed by atoms with Crippen LogP contribution in [0, 0.1) is 0 Å². The highest BCUT2D eigenvalue weighted by Crippen LogP contribution is 2.01. The molecule has 0 saturated carbocycles. The van der Waals surface area contributed by atoms with Gasteiger partial charge in [0.15, 0.2) is 0 Å². The molecule has 0 bridgehead atoms. The van der Waals surface area contributed by atoms with E-state index in [-0.39, 0.29) is 12.0 Å². The lowest BCUT2D eigenvalue weighted by molar-refractivity contribution is -0.133. The first-order valence-corrected chi connectivity index (χ1v) is 2.63. The molecule has 3 heteroatoms. The summed E-state index contributed by atoms with van der Waals surface area (Å²) >= 11 is 0. The topological polar surface area (TPSA) is 57.5 Å². The van der Waals surface area contributed by atoms with Gasteiger partial charge in [0, 0.05) is 12.0 Å². The molecule has 0 aromatic carbocycles. The van der Waals surface area contributed by atoms with Crippen LogP contribution < -0.4 is 0 Å². The summed E-state index contributed by atoms with van der Waals surface area (Å²) in [5.74, 6) is -1.05. The van der Waals surface area contributed by atoms with Gasteiger partial charge in [0.1, 0.15) is 0 Å². The SMILES string of the molecule is C=C(C[C@H](C)O)C(=O)O. The predicted molar refractivity (Wildman–Crippen MR) is 33.1 cm³/mol. The van der Waals surface area contributed by atoms with E-state index in [0.717, 1.165) is 0 Å². The quantitative estimate of drug-likeness (QED) is 0.543. The maximum Gasteiger partial charge on any atom is 0.331 e. The average molecular weight is 130 g/mol. The summed E-state index contributed by atoms with van der Waals surface area (Å²) in [7, 11) is 0. The maximum absolute atomic E-state index is 10.0. The molecule has 0 aromatic rings. The van der Waals surface area contributed by atoms with Crippen molar-refractivity contribution in [1.29, 1.82) is 0 Å². The molecule has 0 radical (unpaired) electrons. The Morgan fingerprint density at radius 2 is 2.22 bits per heavy atom. The van der Waals surface area contributed by atoms with Crippen molar-refractivity contribution in [3.8, 4) is 0 Å². The Hall–Kier alpha value is -0.830. The Morgan fingerprint density at radius 3 is 2.33 bits per heavy atom. The third-order valence-corrected chi connectivity index (χ3v) is 0.844. The van der Waals surface area contributed by atoms with E-state index in [0.29, 0.717) is 0 Å². The van der Waals surface area contributed by atoms with Gasteiger partial charge in [0.05, 0.1) is 6.10 Å². The van der Waals surface area contributed by atoms with E-state index >= 15 is 0 Å². The summed E-state index contributed by atoms with van der Waals surface area (Å²) in [6, 6.07) is 0. The number of rotatable bonds is 3. The molecule has 0 aliphatic carbocycles. The largest absolute Gasteiger partial charge is 0.478 e. The van der Waals surface area contributed by atoms with Gasteiger partial charge in [0.2, 0.25) is 0 Å². The normalized spacial score (nSPS) is 12.7. The summed E-state index contributed by atoms with van der Waals surface area (Å²) < 4.78 is 0. The van der Waals surface area contributed by atoms with Crippen LogP contribution in [-0.4, -0.2) is 22.3 Å². The fraction of sp³-hybridized carbons (Fsp3) is 0.500. The van der Waals surface area contributed by atoms with Gasteiger partial charge in [-0.15, -0.1) is 0 Å². The van der Waals surface area contributed by atoms with E-state index in [2.05, 4.69) is 6.58 Å². The zero-order valence-electron chi connectivity index (χ0n) is 5.29. The maximum atomic E-state index is 10.0. The molecule has 0 rings (SSSR count). The lowest BCUT2D eigenvalue weighted by Gasteiger charge is -2.01. The van der Waals surface area contributed by atoms with E-state index in [1.807, 2.05) is 0 Å². The van der Waals surface area contributed by atoms with Gasteiger partial charge >= 0.3 is 5.97 Å². The summed E-state index contributed by atoms with van der Waals surface area (Å²) in [6.45, 7) is 4.76. The molecular formula is C6H10O3. The first kappa shape index (κ1) is 8.17. The second-order valence-corrected chi connectivity index (χ2v) is 1.96. The second kappa shape index (κ2) is 3.25. The molecule has 0 saturated heterocycles. The molecule has 0 aliphatic rings. The van der Waals surface area contributed by atoms with Gasteiger partial charge in [-0.05, 0) is 6.92 Å². The highest BCUT2D eigenvalue weighted by molar-refractivity contribution is 5.85. The average Bonchev–Trinajstić information content (AvgIpc) is 1.63. The number of carbonyl (C=O) groups is 1. The molecule has 0 aromatic heterocycles. The zero-order chi connectivity index (χ0) is 7.44. The molecule has 52 valence electrons. The number of hydrogen-bond donors (Lipinski definition) is 2. The molecule has 0 aliphatic heterocycles. The minimum atomic E-state index is -1.05. The van der Waals surface area contributed by atoms with Gasteiger partial charge in [0.25, 0.3) is 0 Å². The van der Waals surface area contributed by atoms with E-state index in [4.69, 9.17) is 10.2 Å². The lowest BCUT2D eigenvalue weighted by Crippen LogP contribution is -2.07. The van der Waals surface area contributed by atoms with Crippen LogP contribution in [-0.2, 0) is 4.79 Å². The van der Waals surface area contributed by atoms with Gasteiger partial charge < -0.3 is 10.2 Å². The molecule has 3 nitrogen and oxygen atoms in total. The number of aliphatic hydroxyl groups excluding tert-OH is 1. The predicted octanol–water partition coefficient (Wildman–Crippen LogP) is 0.398. The summed E-state index contributed by atoms with van der Waals surface area (Å²) in [5, 5.41) is 16.9. The first-order valence-electron chi connectivity index (χ1n) is 2.63. The van der Waals surface area contributed by atoms with Gasteiger partial charge in [-0.2, -0.15) is 0 Å². The molecule has 0 spiro atoms. The molecule has 9 heavy (non-hydrogen) atoms. The van der Waals surface area contributed by atoms with E-state index in [9.17, 15) is 4.79 Å². The van der Waals surface area contributed by atoms with Crippen molar-refractivity contribution in [2.24, 2.45) is 0 Å². The van der Waals surface area contributed by atoms with Crippen LogP contribution in [0.25, 0.3) is 0 Å². The minimum Gasteiger partial charge on any atom is -0.478 e. The van der Waals surface area contributed by atoms with E-state index in [1.165, 1.54) is 6.92 Å². The third kappa shape index (κ3) is 3.73. The third-order valence-electron chi connectivity index (χ3n) is 0.844. The van der Waals surface area contributed by atoms with Gasteiger partial charge in [-0.1, -0.05) is 6.58 Å². The Kier molecular flexibility index (Phi) is 2.95. The molecule has 0 fully saturated rings. The van der Waals surface area contributed by atoms with Crippen LogP contribution in [0.3, 0.4) is 0 Å². The minimum absolute atomic E-state index is 0.0463. The van der Waals surface area contributed by atoms with Crippen LogP contribution in [0.5, 0.6) is 0 Å². The van der Waals surface area contributed by atoms with Crippen molar-refractivity contribution < 1.29 is 15.0 Å². The summed E-state index contributed by atoms with van der Waals surface area (Å²) in [5.41, 5.74) is 0.0463. The summed E-state index contributed by atoms with van der Waals surface area (Å²) in [4.78, 5) is 10.0. The number of aliphatic carboxylic acids is 1. The summed E-state index contributed by atoms with van der Waals surface area (Å²) in [6.07, 6.45) is -0.483. The molecular weight excluding hydrogens is 120 g/mol.